The van der Waals surface area contributed by atoms with Gasteiger partial charge in [-0.05, 0) is 40.8 Å². The van der Waals surface area contributed by atoms with E-state index in [2.05, 4.69) is 5.32 Å². The molecule has 0 aliphatic carbocycles. The summed E-state index contributed by atoms with van der Waals surface area (Å²) < 4.78 is 18.4. The average molecular weight is 323 g/mol. The minimum absolute atomic E-state index is 0.282. The van der Waals surface area contributed by atoms with Crippen molar-refractivity contribution in [2.24, 2.45) is 0 Å². The standard InChI is InChI=1S/C10H11FINO2/c1-15-5-4-13-10(14)8-6-7(11)2-3-9(8)12/h2-3,6H,4-5H2,1H3,(H,13,14). The number of amides is 1. The lowest BCUT2D eigenvalue weighted by molar-refractivity contribution is 0.0936. The van der Waals surface area contributed by atoms with Crippen LogP contribution < -0.4 is 5.32 Å². The van der Waals surface area contributed by atoms with Crippen LogP contribution >= 0.6 is 22.6 Å². The first kappa shape index (κ1) is 12.4. The van der Waals surface area contributed by atoms with Crippen LogP contribution in [0.25, 0.3) is 0 Å². The molecule has 0 aliphatic heterocycles. The quantitative estimate of drug-likeness (QED) is 0.678. The topological polar surface area (TPSA) is 38.3 Å². The summed E-state index contributed by atoms with van der Waals surface area (Å²) in [5, 5.41) is 2.63. The van der Waals surface area contributed by atoms with Crippen molar-refractivity contribution in [2.75, 3.05) is 20.3 Å². The molecule has 1 rings (SSSR count). The van der Waals surface area contributed by atoms with E-state index in [0.717, 1.165) is 3.57 Å². The number of nitrogens with one attached hydrogen (secondary N) is 1. The first-order valence-electron chi connectivity index (χ1n) is 4.37. The van der Waals surface area contributed by atoms with Gasteiger partial charge in [0.25, 0.3) is 5.91 Å². The van der Waals surface area contributed by atoms with Crippen LogP contribution in [-0.4, -0.2) is 26.2 Å². The molecule has 0 fully saturated rings. The Bertz CT molecular complexity index is 357. The van der Waals surface area contributed by atoms with Crippen LogP contribution in [0.2, 0.25) is 0 Å². The first-order valence-corrected chi connectivity index (χ1v) is 5.45. The molecule has 0 aromatic heterocycles. The molecule has 0 unspecified atom stereocenters. The van der Waals surface area contributed by atoms with Crippen molar-refractivity contribution in [3.05, 3.63) is 33.1 Å². The Hall–Kier alpha value is -0.690. The van der Waals surface area contributed by atoms with E-state index in [1.54, 1.807) is 13.2 Å². The maximum Gasteiger partial charge on any atom is 0.252 e. The molecule has 3 nitrogen and oxygen atoms in total. The van der Waals surface area contributed by atoms with E-state index in [-0.39, 0.29) is 5.91 Å². The van der Waals surface area contributed by atoms with Crippen LogP contribution in [0.5, 0.6) is 0 Å². The van der Waals surface area contributed by atoms with Gasteiger partial charge in [0, 0.05) is 17.2 Å². The van der Waals surface area contributed by atoms with Crippen LogP contribution in [0.15, 0.2) is 18.2 Å². The summed E-state index contributed by atoms with van der Waals surface area (Å²) >= 11 is 1.99. The molecule has 1 aromatic rings. The summed E-state index contributed by atoms with van der Waals surface area (Å²) in [5.74, 6) is -0.691. The number of ether oxygens (including phenoxy) is 1. The number of benzene rings is 1. The third-order valence-electron chi connectivity index (χ3n) is 1.76. The molecule has 15 heavy (non-hydrogen) atoms. The van der Waals surface area contributed by atoms with E-state index in [0.29, 0.717) is 18.7 Å². The van der Waals surface area contributed by atoms with Crippen molar-refractivity contribution < 1.29 is 13.9 Å². The second-order valence-corrected chi connectivity index (χ2v) is 4.04. The highest BCUT2D eigenvalue weighted by Gasteiger charge is 2.09. The van der Waals surface area contributed by atoms with Gasteiger partial charge in [-0.2, -0.15) is 0 Å². The molecule has 0 bridgehead atoms. The van der Waals surface area contributed by atoms with Gasteiger partial charge in [0.2, 0.25) is 0 Å². The minimum atomic E-state index is -0.410. The van der Waals surface area contributed by atoms with Gasteiger partial charge in [-0.3, -0.25) is 4.79 Å². The summed E-state index contributed by atoms with van der Waals surface area (Å²) in [6.45, 7) is 0.861. The lowest BCUT2D eigenvalue weighted by atomic mass is 10.2. The van der Waals surface area contributed by atoms with Crippen molar-refractivity contribution in [1.29, 1.82) is 0 Å². The maximum atomic E-state index is 12.9. The van der Waals surface area contributed by atoms with E-state index >= 15 is 0 Å². The summed E-state index contributed by atoms with van der Waals surface area (Å²) in [4.78, 5) is 11.6. The number of hydrogen-bond acceptors (Lipinski definition) is 2. The van der Waals surface area contributed by atoms with Crippen LogP contribution in [0.1, 0.15) is 10.4 Å². The summed E-state index contributed by atoms with van der Waals surface area (Å²) in [5.41, 5.74) is 0.353. The molecule has 1 N–H and O–H groups in total. The maximum absolute atomic E-state index is 12.9. The lowest BCUT2D eigenvalue weighted by Crippen LogP contribution is -2.27. The van der Waals surface area contributed by atoms with Gasteiger partial charge in [0.05, 0.1) is 12.2 Å². The van der Waals surface area contributed by atoms with Crippen molar-refractivity contribution in [3.63, 3.8) is 0 Å². The third kappa shape index (κ3) is 3.75. The smallest absolute Gasteiger partial charge is 0.252 e. The monoisotopic (exact) mass is 323 g/mol. The average Bonchev–Trinajstić information content (AvgIpc) is 2.22. The highest BCUT2D eigenvalue weighted by atomic mass is 127. The Morgan fingerprint density at radius 2 is 2.33 bits per heavy atom. The number of carbonyl (C=O) groups excluding carboxylic acids is 1. The molecule has 1 amide bonds. The zero-order chi connectivity index (χ0) is 11.3. The molecule has 0 heterocycles. The largest absolute Gasteiger partial charge is 0.383 e. The summed E-state index contributed by atoms with van der Waals surface area (Å²) in [6.07, 6.45) is 0. The fourth-order valence-corrected chi connectivity index (χ4v) is 1.61. The molecule has 82 valence electrons. The number of carbonyl (C=O) groups is 1. The third-order valence-corrected chi connectivity index (χ3v) is 2.71. The molecule has 0 radical (unpaired) electrons. The van der Waals surface area contributed by atoms with E-state index in [1.165, 1.54) is 12.1 Å². The first-order chi connectivity index (χ1) is 7.15. The van der Waals surface area contributed by atoms with Gasteiger partial charge in [-0.15, -0.1) is 0 Å². The van der Waals surface area contributed by atoms with Gasteiger partial charge in [0.1, 0.15) is 5.82 Å². The SMILES string of the molecule is COCCNC(=O)c1cc(F)ccc1I. The van der Waals surface area contributed by atoms with Gasteiger partial charge >= 0.3 is 0 Å². The van der Waals surface area contributed by atoms with E-state index < -0.39 is 5.82 Å². The van der Waals surface area contributed by atoms with Crippen LogP contribution in [0, 0.1) is 9.39 Å². The Labute approximate surface area is 101 Å². The zero-order valence-corrected chi connectivity index (χ0v) is 10.4. The fourth-order valence-electron chi connectivity index (χ4n) is 1.03. The zero-order valence-electron chi connectivity index (χ0n) is 8.22. The predicted octanol–water partition coefficient (Wildman–Crippen LogP) is 1.81. The Balaban J connectivity index is 2.68. The lowest BCUT2D eigenvalue weighted by Gasteiger charge is -2.06. The number of halogens is 2. The van der Waals surface area contributed by atoms with Crippen molar-refractivity contribution in [2.45, 2.75) is 0 Å². The number of methoxy groups -OCH3 is 1. The fraction of sp³-hybridized carbons (Fsp3) is 0.300. The van der Waals surface area contributed by atoms with Crippen molar-refractivity contribution in [3.8, 4) is 0 Å². The normalized spacial score (nSPS) is 10.1. The predicted molar refractivity (Wildman–Crippen MR) is 63.3 cm³/mol. The van der Waals surface area contributed by atoms with Gasteiger partial charge in [-0.25, -0.2) is 4.39 Å². The van der Waals surface area contributed by atoms with E-state index in [4.69, 9.17) is 4.74 Å². The molecule has 5 heteroatoms. The minimum Gasteiger partial charge on any atom is -0.383 e. The Kier molecular flexibility index (Phi) is 4.97. The molecule has 0 atom stereocenters. The van der Waals surface area contributed by atoms with Crippen LogP contribution in [0.4, 0.5) is 4.39 Å². The van der Waals surface area contributed by atoms with Gasteiger partial charge in [0.15, 0.2) is 0 Å². The molecule has 0 saturated carbocycles. The highest BCUT2D eigenvalue weighted by molar-refractivity contribution is 14.1. The van der Waals surface area contributed by atoms with Crippen molar-refractivity contribution >= 4 is 28.5 Å². The molecular weight excluding hydrogens is 312 g/mol. The van der Waals surface area contributed by atoms with E-state index in [1.807, 2.05) is 22.6 Å². The van der Waals surface area contributed by atoms with Crippen molar-refractivity contribution in [1.82, 2.24) is 5.32 Å². The Morgan fingerprint density at radius 3 is 3.00 bits per heavy atom. The van der Waals surface area contributed by atoms with Crippen LogP contribution in [0.3, 0.4) is 0 Å². The van der Waals surface area contributed by atoms with Gasteiger partial charge < -0.3 is 10.1 Å². The highest BCUT2D eigenvalue weighted by Crippen LogP contribution is 2.13. The second kappa shape index (κ2) is 6.02. The van der Waals surface area contributed by atoms with Gasteiger partial charge in [-0.1, -0.05) is 0 Å². The van der Waals surface area contributed by atoms with Crippen LogP contribution in [-0.2, 0) is 4.74 Å². The molecule has 1 aromatic carbocycles. The molecule has 0 aliphatic rings. The Morgan fingerprint density at radius 1 is 1.60 bits per heavy atom. The molecular formula is C10H11FINO2. The summed E-state index contributed by atoms with van der Waals surface area (Å²) in [7, 11) is 1.55. The number of hydrogen-bond donors (Lipinski definition) is 1. The van der Waals surface area contributed by atoms with E-state index in [9.17, 15) is 9.18 Å². The number of rotatable bonds is 4. The summed E-state index contributed by atoms with van der Waals surface area (Å²) in [6, 6.07) is 4.12. The molecule has 0 spiro atoms. The molecule has 0 saturated heterocycles. The second-order valence-electron chi connectivity index (χ2n) is 2.87.